The molecule has 0 atom stereocenters. The van der Waals surface area contributed by atoms with Crippen LogP contribution >= 0.6 is 0 Å². The maximum Gasteiger partial charge on any atom is 0.0240 e. The second kappa shape index (κ2) is 7.24. The van der Waals surface area contributed by atoms with E-state index in [1.807, 2.05) is 0 Å². The maximum absolute atomic E-state index is 3.54. The molecule has 1 aliphatic carbocycles. The summed E-state index contributed by atoms with van der Waals surface area (Å²) in [6.45, 7) is 12.4. The number of nitrogens with zero attached hydrogens (tertiary/aromatic N) is 1. The Morgan fingerprint density at radius 2 is 1.75 bits per heavy atom. The summed E-state index contributed by atoms with van der Waals surface area (Å²) in [7, 11) is 0. The molecule has 0 heterocycles. The summed E-state index contributed by atoms with van der Waals surface area (Å²) in [6, 6.07) is 10.3. The van der Waals surface area contributed by atoms with Gasteiger partial charge in [0.15, 0.2) is 0 Å². The van der Waals surface area contributed by atoms with Gasteiger partial charge in [-0.1, -0.05) is 52.0 Å². The molecule has 0 saturated heterocycles. The fourth-order valence-corrected chi connectivity index (χ4v) is 2.67. The summed E-state index contributed by atoms with van der Waals surface area (Å²) >= 11 is 0. The van der Waals surface area contributed by atoms with Crippen molar-refractivity contribution in [2.45, 2.75) is 65.7 Å². The Bertz CT molecular complexity index is 408. The van der Waals surface area contributed by atoms with Crippen molar-refractivity contribution < 1.29 is 0 Å². The zero-order valence-corrected chi connectivity index (χ0v) is 13.5. The second-order valence-corrected chi connectivity index (χ2v) is 6.86. The molecule has 0 spiro atoms. The van der Waals surface area contributed by atoms with Crippen molar-refractivity contribution >= 4 is 0 Å². The Morgan fingerprint density at radius 3 is 2.30 bits per heavy atom. The number of nitrogens with one attached hydrogen (secondary N) is 1. The second-order valence-electron chi connectivity index (χ2n) is 6.86. The Morgan fingerprint density at radius 1 is 1.10 bits per heavy atom. The molecule has 2 nitrogen and oxygen atoms in total. The van der Waals surface area contributed by atoms with Crippen LogP contribution < -0.4 is 5.32 Å². The van der Waals surface area contributed by atoms with Crippen LogP contribution in [0.1, 0.15) is 51.7 Å². The molecular formula is C18H30N2. The third kappa shape index (κ3) is 4.92. The minimum atomic E-state index is 0.540. The molecule has 0 amide bonds. The van der Waals surface area contributed by atoms with Crippen LogP contribution in [0.3, 0.4) is 0 Å². The Kier molecular flexibility index (Phi) is 5.62. The smallest absolute Gasteiger partial charge is 0.0240 e. The summed E-state index contributed by atoms with van der Waals surface area (Å²) in [6.07, 6.45) is 2.78. The molecule has 0 aromatic heterocycles. The van der Waals surface area contributed by atoms with Gasteiger partial charge in [0.2, 0.25) is 0 Å². The maximum atomic E-state index is 3.54. The molecule has 1 aliphatic rings. The molecule has 1 N–H and O–H groups in total. The van der Waals surface area contributed by atoms with E-state index in [2.05, 4.69) is 62.2 Å². The largest absolute Gasteiger partial charge is 0.310 e. The Labute approximate surface area is 124 Å². The average Bonchev–Trinajstić information content (AvgIpc) is 3.20. The molecule has 0 unspecified atom stereocenters. The van der Waals surface area contributed by atoms with Crippen LogP contribution in [0.15, 0.2) is 24.3 Å². The van der Waals surface area contributed by atoms with Gasteiger partial charge < -0.3 is 5.32 Å². The van der Waals surface area contributed by atoms with E-state index < -0.39 is 0 Å². The first-order valence-corrected chi connectivity index (χ1v) is 8.10. The van der Waals surface area contributed by atoms with Gasteiger partial charge in [0.1, 0.15) is 0 Å². The normalized spacial score (nSPS) is 15.6. The van der Waals surface area contributed by atoms with E-state index in [1.165, 1.54) is 30.5 Å². The van der Waals surface area contributed by atoms with Gasteiger partial charge in [-0.3, -0.25) is 4.90 Å². The molecule has 1 fully saturated rings. The molecule has 0 radical (unpaired) electrons. The lowest BCUT2D eigenvalue weighted by Gasteiger charge is -2.25. The molecule has 112 valence electrons. The lowest BCUT2D eigenvalue weighted by Crippen LogP contribution is -2.30. The Hall–Kier alpha value is -0.860. The molecule has 20 heavy (non-hydrogen) atoms. The van der Waals surface area contributed by atoms with E-state index in [4.69, 9.17) is 0 Å². The molecule has 2 rings (SSSR count). The molecule has 1 aromatic carbocycles. The average molecular weight is 274 g/mol. The Balaban J connectivity index is 2.02. The third-order valence-electron chi connectivity index (χ3n) is 3.86. The predicted octanol–water partition coefficient (Wildman–Crippen LogP) is 3.81. The van der Waals surface area contributed by atoms with Gasteiger partial charge in [-0.05, 0) is 29.9 Å². The highest BCUT2D eigenvalue weighted by atomic mass is 15.2. The van der Waals surface area contributed by atoms with E-state index >= 15 is 0 Å². The minimum Gasteiger partial charge on any atom is -0.310 e. The van der Waals surface area contributed by atoms with Crippen LogP contribution in [0.5, 0.6) is 0 Å². The summed E-state index contributed by atoms with van der Waals surface area (Å²) in [5, 5.41) is 3.54. The number of rotatable bonds is 8. The topological polar surface area (TPSA) is 15.3 Å². The predicted molar refractivity (Wildman–Crippen MR) is 86.7 cm³/mol. The SMILES string of the molecule is CC(C)CN(Cc1ccccc1CNC(C)C)C1CC1. The van der Waals surface area contributed by atoms with Gasteiger partial charge in [-0.15, -0.1) is 0 Å². The lowest BCUT2D eigenvalue weighted by atomic mass is 10.1. The summed E-state index contributed by atoms with van der Waals surface area (Å²) in [5.74, 6) is 0.747. The molecular weight excluding hydrogens is 244 g/mol. The molecule has 1 aromatic rings. The minimum absolute atomic E-state index is 0.540. The standard InChI is InChI=1S/C18H30N2/c1-14(2)12-20(18-9-10-18)13-17-8-6-5-7-16(17)11-19-15(3)4/h5-8,14-15,18-19H,9-13H2,1-4H3. The van der Waals surface area contributed by atoms with Crippen molar-refractivity contribution in [3.8, 4) is 0 Å². The highest BCUT2D eigenvalue weighted by Gasteiger charge is 2.29. The summed E-state index contributed by atoms with van der Waals surface area (Å²) < 4.78 is 0. The number of benzene rings is 1. The molecule has 0 bridgehead atoms. The van der Waals surface area contributed by atoms with Crippen molar-refractivity contribution in [3.63, 3.8) is 0 Å². The number of hydrogen-bond acceptors (Lipinski definition) is 2. The van der Waals surface area contributed by atoms with Crippen molar-refractivity contribution in [2.75, 3.05) is 6.54 Å². The van der Waals surface area contributed by atoms with Crippen molar-refractivity contribution in [1.82, 2.24) is 10.2 Å². The zero-order valence-electron chi connectivity index (χ0n) is 13.5. The lowest BCUT2D eigenvalue weighted by molar-refractivity contribution is 0.225. The van der Waals surface area contributed by atoms with Crippen LogP contribution in [0, 0.1) is 5.92 Å². The fourth-order valence-electron chi connectivity index (χ4n) is 2.67. The first kappa shape index (κ1) is 15.5. The zero-order chi connectivity index (χ0) is 14.5. The van der Waals surface area contributed by atoms with E-state index in [-0.39, 0.29) is 0 Å². The van der Waals surface area contributed by atoms with Crippen molar-refractivity contribution in [3.05, 3.63) is 35.4 Å². The van der Waals surface area contributed by atoms with E-state index in [1.54, 1.807) is 0 Å². The fraction of sp³-hybridized carbons (Fsp3) is 0.667. The van der Waals surface area contributed by atoms with Crippen LogP contribution in [0.4, 0.5) is 0 Å². The van der Waals surface area contributed by atoms with Crippen LogP contribution in [-0.4, -0.2) is 23.5 Å². The van der Waals surface area contributed by atoms with Crippen LogP contribution in [-0.2, 0) is 13.1 Å². The van der Waals surface area contributed by atoms with Crippen LogP contribution in [0.2, 0.25) is 0 Å². The quantitative estimate of drug-likeness (QED) is 0.775. The molecule has 2 heteroatoms. The van der Waals surface area contributed by atoms with Gasteiger partial charge in [0.25, 0.3) is 0 Å². The van der Waals surface area contributed by atoms with Gasteiger partial charge in [0.05, 0.1) is 0 Å². The van der Waals surface area contributed by atoms with E-state index in [9.17, 15) is 0 Å². The summed E-state index contributed by atoms with van der Waals surface area (Å²) in [4.78, 5) is 2.68. The van der Waals surface area contributed by atoms with Crippen molar-refractivity contribution in [1.29, 1.82) is 0 Å². The van der Waals surface area contributed by atoms with Gasteiger partial charge in [-0.25, -0.2) is 0 Å². The molecule has 0 aliphatic heterocycles. The van der Waals surface area contributed by atoms with Crippen LogP contribution in [0.25, 0.3) is 0 Å². The number of hydrogen-bond donors (Lipinski definition) is 1. The van der Waals surface area contributed by atoms with E-state index in [0.717, 1.165) is 25.0 Å². The summed E-state index contributed by atoms with van der Waals surface area (Å²) in [5.41, 5.74) is 2.95. The van der Waals surface area contributed by atoms with Gasteiger partial charge in [0, 0.05) is 31.7 Å². The van der Waals surface area contributed by atoms with Gasteiger partial charge >= 0.3 is 0 Å². The van der Waals surface area contributed by atoms with Gasteiger partial charge in [-0.2, -0.15) is 0 Å². The first-order chi connectivity index (χ1) is 9.56. The highest BCUT2D eigenvalue weighted by Crippen LogP contribution is 2.29. The third-order valence-corrected chi connectivity index (χ3v) is 3.86. The molecule has 1 saturated carbocycles. The first-order valence-electron chi connectivity index (χ1n) is 8.10. The van der Waals surface area contributed by atoms with Crippen molar-refractivity contribution in [2.24, 2.45) is 5.92 Å². The monoisotopic (exact) mass is 274 g/mol. The van der Waals surface area contributed by atoms with E-state index in [0.29, 0.717) is 6.04 Å². The highest BCUT2D eigenvalue weighted by molar-refractivity contribution is 5.27.